The Morgan fingerprint density at radius 2 is 1.57 bits per heavy atom. The topological polar surface area (TPSA) is 86.8 Å². The number of amides is 2. The molecule has 0 unspecified atom stereocenters. The van der Waals surface area contributed by atoms with Crippen molar-refractivity contribution >= 4 is 27.5 Å². The van der Waals surface area contributed by atoms with E-state index in [-0.39, 0.29) is 17.1 Å². The molecule has 3 aromatic rings. The van der Waals surface area contributed by atoms with Gasteiger partial charge < -0.3 is 10.2 Å². The number of hydrogen-bond donors (Lipinski definition) is 1. The van der Waals surface area contributed by atoms with E-state index < -0.39 is 46.1 Å². The van der Waals surface area contributed by atoms with E-state index in [0.29, 0.717) is 16.4 Å². The lowest BCUT2D eigenvalue weighted by atomic mass is 10.1. The van der Waals surface area contributed by atoms with E-state index in [2.05, 4.69) is 5.32 Å². The fourth-order valence-electron chi connectivity index (χ4n) is 3.70. The highest BCUT2D eigenvalue weighted by atomic mass is 32.2. The van der Waals surface area contributed by atoms with Gasteiger partial charge in [0, 0.05) is 13.1 Å². The van der Waals surface area contributed by atoms with Crippen LogP contribution in [0.1, 0.15) is 25.0 Å². The molecule has 0 radical (unpaired) electrons. The van der Waals surface area contributed by atoms with E-state index in [4.69, 9.17) is 0 Å². The molecule has 0 aliphatic carbocycles. The first-order valence-electron chi connectivity index (χ1n) is 11.7. The van der Waals surface area contributed by atoms with Gasteiger partial charge in [0.2, 0.25) is 11.8 Å². The second-order valence-electron chi connectivity index (χ2n) is 8.49. The zero-order valence-corrected chi connectivity index (χ0v) is 21.6. The van der Waals surface area contributed by atoms with Crippen molar-refractivity contribution in [2.24, 2.45) is 0 Å². The maximum absolute atomic E-state index is 14.8. The summed E-state index contributed by atoms with van der Waals surface area (Å²) in [4.78, 5) is 27.3. The number of anilines is 1. The summed E-state index contributed by atoms with van der Waals surface area (Å²) in [7, 11) is -4.36. The number of rotatable bonds is 10. The molecule has 1 atom stereocenters. The summed E-state index contributed by atoms with van der Waals surface area (Å²) in [6, 6.07) is 15.6. The van der Waals surface area contributed by atoms with E-state index in [1.807, 2.05) is 0 Å². The van der Waals surface area contributed by atoms with Gasteiger partial charge in [0.15, 0.2) is 0 Å². The molecule has 10 heteroatoms. The number of likely N-dealkylation sites (N-methyl/N-ethyl adjacent to an activating group) is 1. The van der Waals surface area contributed by atoms with Crippen molar-refractivity contribution in [1.82, 2.24) is 10.2 Å². The first kappa shape index (κ1) is 27.8. The van der Waals surface area contributed by atoms with Crippen LogP contribution in [0, 0.1) is 18.6 Å². The lowest BCUT2D eigenvalue weighted by Crippen LogP contribution is -2.51. The van der Waals surface area contributed by atoms with Crippen molar-refractivity contribution in [3.63, 3.8) is 0 Å². The average molecular weight is 530 g/mol. The van der Waals surface area contributed by atoms with Crippen molar-refractivity contribution in [1.29, 1.82) is 0 Å². The second kappa shape index (κ2) is 12.0. The van der Waals surface area contributed by atoms with Crippen LogP contribution in [0.15, 0.2) is 77.7 Å². The Hall–Kier alpha value is -3.79. The molecular formula is C27H29F2N3O4S. The number of halogens is 2. The molecule has 0 aliphatic rings. The van der Waals surface area contributed by atoms with Crippen LogP contribution in [-0.4, -0.2) is 44.3 Å². The SMILES string of the molecule is CCNC(=O)[C@@H](C)N(Cc1ccc(F)cc1)C(=O)CN(c1ccccc1F)S(=O)(=O)c1ccc(C)cc1. The van der Waals surface area contributed by atoms with Crippen LogP contribution in [0.3, 0.4) is 0 Å². The number of hydrogen-bond acceptors (Lipinski definition) is 4. The predicted molar refractivity (Wildman–Crippen MR) is 137 cm³/mol. The minimum Gasteiger partial charge on any atom is -0.355 e. The van der Waals surface area contributed by atoms with Crippen LogP contribution < -0.4 is 9.62 Å². The molecule has 2 amide bonds. The quantitative estimate of drug-likeness (QED) is 0.430. The van der Waals surface area contributed by atoms with Gasteiger partial charge in [0.05, 0.1) is 10.6 Å². The monoisotopic (exact) mass is 529 g/mol. The maximum atomic E-state index is 14.8. The summed E-state index contributed by atoms with van der Waals surface area (Å²) in [5.74, 6) is -2.47. The lowest BCUT2D eigenvalue weighted by Gasteiger charge is -2.32. The summed E-state index contributed by atoms with van der Waals surface area (Å²) in [6.07, 6.45) is 0. The normalized spacial score (nSPS) is 12.0. The number of sulfonamides is 1. The minimum atomic E-state index is -4.36. The molecule has 37 heavy (non-hydrogen) atoms. The van der Waals surface area contributed by atoms with Crippen molar-refractivity contribution in [3.8, 4) is 0 Å². The van der Waals surface area contributed by atoms with Gasteiger partial charge in [-0.05, 0) is 62.7 Å². The van der Waals surface area contributed by atoms with Gasteiger partial charge in [-0.25, -0.2) is 17.2 Å². The molecule has 3 aromatic carbocycles. The van der Waals surface area contributed by atoms with Gasteiger partial charge in [-0.15, -0.1) is 0 Å². The Kier molecular flexibility index (Phi) is 8.99. The fourth-order valence-corrected chi connectivity index (χ4v) is 5.12. The van der Waals surface area contributed by atoms with Crippen LogP contribution in [0.5, 0.6) is 0 Å². The minimum absolute atomic E-state index is 0.0902. The number of carbonyl (C=O) groups excluding carboxylic acids is 2. The van der Waals surface area contributed by atoms with Crippen LogP contribution in [0.2, 0.25) is 0 Å². The molecule has 196 valence electrons. The Labute approximate surface area is 215 Å². The predicted octanol–water partition coefficient (Wildman–Crippen LogP) is 4.02. The van der Waals surface area contributed by atoms with Crippen molar-refractivity contribution in [2.75, 3.05) is 17.4 Å². The highest BCUT2D eigenvalue weighted by Crippen LogP contribution is 2.27. The molecule has 1 N–H and O–H groups in total. The van der Waals surface area contributed by atoms with Crippen molar-refractivity contribution in [2.45, 2.75) is 38.3 Å². The van der Waals surface area contributed by atoms with Crippen LogP contribution in [0.4, 0.5) is 14.5 Å². The molecule has 0 aliphatic heterocycles. The van der Waals surface area contributed by atoms with E-state index in [1.54, 1.807) is 26.0 Å². The van der Waals surface area contributed by atoms with Gasteiger partial charge in [-0.3, -0.25) is 13.9 Å². The molecule has 0 aromatic heterocycles. The summed E-state index contributed by atoms with van der Waals surface area (Å²) in [5, 5.41) is 2.65. The third kappa shape index (κ3) is 6.71. The van der Waals surface area contributed by atoms with Gasteiger partial charge >= 0.3 is 0 Å². The molecule has 7 nitrogen and oxygen atoms in total. The van der Waals surface area contributed by atoms with Crippen molar-refractivity contribution < 1.29 is 26.8 Å². The molecule has 0 saturated carbocycles. The maximum Gasteiger partial charge on any atom is 0.264 e. The number of nitrogens with zero attached hydrogens (tertiary/aromatic N) is 2. The first-order chi connectivity index (χ1) is 17.5. The molecule has 3 rings (SSSR count). The molecule has 0 bridgehead atoms. The third-order valence-corrected chi connectivity index (χ3v) is 7.57. The van der Waals surface area contributed by atoms with Gasteiger partial charge in [0.25, 0.3) is 10.0 Å². The smallest absolute Gasteiger partial charge is 0.264 e. The molecule has 0 heterocycles. The number of aryl methyl sites for hydroxylation is 1. The zero-order valence-electron chi connectivity index (χ0n) is 20.8. The van der Waals surface area contributed by atoms with Gasteiger partial charge in [-0.2, -0.15) is 0 Å². The summed E-state index contributed by atoms with van der Waals surface area (Å²) in [6.45, 7) is 4.50. The number of carbonyl (C=O) groups is 2. The van der Waals surface area contributed by atoms with Crippen LogP contribution >= 0.6 is 0 Å². The number of nitrogens with one attached hydrogen (secondary N) is 1. The Balaban J connectivity index is 2.03. The highest BCUT2D eigenvalue weighted by Gasteiger charge is 2.33. The third-order valence-electron chi connectivity index (χ3n) is 5.79. The van der Waals surface area contributed by atoms with Crippen LogP contribution in [-0.2, 0) is 26.2 Å². The second-order valence-corrected chi connectivity index (χ2v) is 10.4. The molecule has 0 fully saturated rings. The Bertz CT molecular complexity index is 1350. The largest absolute Gasteiger partial charge is 0.355 e. The number of para-hydroxylation sites is 1. The average Bonchev–Trinajstić information content (AvgIpc) is 2.87. The summed E-state index contributed by atoms with van der Waals surface area (Å²) in [5.41, 5.74) is 1.06. The standard InChI is InChI=1S/C27H29F2N3O4S/c1-4-30-27(34)20(3)31(17-21-11-13-22(28)14-12-21)26(33)18-32(25-8-6-5-7-24(25)29)37(35,36)23-15-9-19(2)10-16-23/h5-16,20H,4,17-18H2,1-3H3,(H,30,34)/t20-/m1/s1. The van der Waals surface area contributed by atoms with Gasteiger partial charge in [0.1, 0.15) is 24.2 Å². The molecule has 0 spiro atoms. The van der Waals surface area contributed by atoms with E-state index in [0.717, 1.165) is 11.6 Å². The van der Waals surface area contributed by atoms with E-state index in [1.165, 1.54) is 66.4 Å². The zero-order chi connectivity index (χ0) is 27.2. The Morgan fingerprint density at radius 3 is 2.16 bits per heavy atom. The first-order valence-corrected chi connectivity index (χ1v) is 13.1. The fraction of sp³-hybridized carbons (Fsp3) is 0.259. The van der Waals surface area contributed by atoms with Gasteiger partial charge in [-0.1, -0.05) is 42.0 Å². The summed E-state index contributed by atoms with van der Waals surface area (Å²) >= 11 is 0. The highest BCUT2D eigenvalue weighted by molar-refractivity contribution is 7.92. The molecular weight excluding hydrogens is 500 g/mol. The van der Waals surface area contributed by atoms with Crippen molar-refractivity contribution in [3.05, 3.63) is 95.6 Å². The number of benzene rings is 3. The summed E-state index contributed by atoms with van der Waals surface area (Å²) < 4.78 is 56.2. The molecule has 0 saturated heterocycles. The Morgan fingerprint density at radius 1 is 0.946 bits per heavy atom. The van der Waals surface area contributed by atoms with E-state index >= 15 is 0 Å². The lowest BCUT2D eigenvalue weighted by molar-refractivity contribution is -0.139. The van der Waals surface area contributed by atoms with Crippen LogP contribution in [0.25, 0.3) is 0 Å². The van der Waals surface area contributed by atoms with E-state index in [9.17, 15) is 26.8 Å².